The van der Waals surface area contributed by atoms with E-state index in [1.165, 1.54) is 0 Å². The maximum absolute atomic E-state index is 12.2. The molecule has 0 fully saturated rings. The number of carbonyl (C=O) groups excluding carboxylic acids is 1. The molecule has 6 heteroatoms. The predicted octanol–water partition coefficient (Wildman–Crippen LogP) is -0.896. The smallest absolute Gasteiger partial charge is 0.171 e. The van der Waals surface area contributed by atoms with Crippen molar-refractivity contribution in [3.05, 3.63) is 35.4 Å². The summed E-state index contributed by atoms with van der Waals surface area (Å²) >= 11 is 0. The Labute approximate surface area is 123 Å². The molecule has 0 aliphatic carbocycles. The molecule has 0 aliphatic heterocycles. The van der Waals surface area contributed by atoms with Gasteiger partial charge in [0.25, 0.3) is 0 Å². The topological polar surface area (TPSA) is 118 Å². The predicted molar refractivity (Wildman–Crippen MR) is 75.7 cm³/mol. The van der Waals surface area contributed by atoms with Gasteiger partial charge in [-0.25, -0.2) is 0 Å². The summed E-state index contributed by atoms with van der Waals surface area (Å²) in [5, 5.41) is 47.1. The van der Waals surface area contributed by atoms with Crippen molar-refractivity contribution in [1.29, 1.82) is 0 Å². The van der Waals surface area contributed by atoms with Crippen molar-refractivity contribution in [1.82, 2.24) is 0 Å². The first-order valence-electron chi connectivity index (χ1n) is 6.73. The molecule has 0 amide bonds. The highest BCUT2D eigenvalue weighted by Crippen LogP contribution is 2.22. The quantitative estimate of drug-likeness (QED) is 0.445. The lowest BCUT2D eigenvalue weighted by Crippen LogP contribution is -2.49. The summed E-state index contributed by atoms with van der Waals surface area (Å²) in [6.07, 6.45) is -7.16. The molecular weight excluding hydrogens is 276 g/mol. The standard InChI is InChI=1S/C15H22O6/c1-8-5-3-4-6-10(8)9(2)12(18)14(20)15(21)13(19)11(17)7-16/h3-6,9,11,13-17,19-21H,7H2,1-2H3/t9?,11-,13-,14+,15+/m1/s1. The van der Waals surface area contributed by atoms with Crippen LogP contribution in [0.1, 0.15) is 24.0 Å². The van der Waals surface area contributed by atoms with Crippen LogP contribution in [-0.4, -0.2) is 62.3 Å². The minimum absolute atomic E-state index is 0.666. The number of aliphatic hydroxyl groups excluding tert-OH is 5. The molecule has 1 aromatic rings. The van der Waals surface area contributed by atoms with E-state index in [9.17, 15) is 25.2 Å². The number of aliphatic hydroxyl groups is 5. The normalized spacial score (nSPS) is 18.6. The maximum Gasteiger partial charge on any atom is 0.171 e. The van der Waals surface area contributed by atoms with Crippen LogP contribution in [0.25, 0.3) is 0 Å². The molecule has 0 aliphatic rings. The summed E-state index contributed by atoms with van der Waals surface area (Å²) in [7, 11) is 0. The molecule has 1 unspecified atom stereocenters. The van der Waals surface area contributed by atoms with Gasteiger partial charge in [-0.2, -0.15) is 0 Å². The lowest BCUT2D eigenvalue weighted by atomic mass is 9.87. The second-order valence-electron chi connectivity index (χ2n) is 5.16. The fraction of sp³-hybridized carbons (Fsp3) is 0.533. The summed E-state index contributed by atoms with van der Waals surface area (Å²) < 4.78 is 0. The van der Waals surface area contributed by atoms with Gasteiger partial charge in [-0.1, -0.05) is 31.2 Å². The van der Waals surface area contributed by atoms with Crippen LogP contribution in [0.4, 0.5) is 0 Å². The number of benzene rings is 1. The second-order valence-corrected chi connectivity index (χ2v) is 5.16. The Balaban J connectivity index is 2.85. The molecule has 0 spiro atoms. The molecule has 0 saturated heterocycles. The van der Waals surface area contributed by atoms with Crippen LogP contribution >= 0.6 is 0 Å². The molecule has 0 heterocycles. The van der Waals surface area contributed by atoms with Crippen molar-refractivity contribution in [3.63, 3.8) is 0 Å². The zero-order chi connectivity index (χ0) is 16.2. The molecule has 21 heavy (non-hydrogen) atoms. The Hall–Kier alpha value is -1.31. The molecule has 5 atom stereocenters. The molecule has 6 nitrogen and oxygen atoms in total. The summed E-state index contributed by atoms with van der Waals surface area (Å²) in [5.41, 5.74) is 1.59. The first-order chi connectivity index (χ1) is 9.81. The summed E-state index contributed by atoms with van der Waals surface area (Å²) in [4.78, 5) is 12.2. The molecule has 0 bridgehead atoms. The minimum atomic E-state index is -1.87. The molecule has 0 saturated carbocycles. The molecule has 118 valence electrons. The minimum Gasteiger partial charge on any atom is -0.394 e. The van der Waals surface area contributed by atoms with Crippen LogP contribution in [-0.2, 0) is 4.79 Å². The second kappa shape index (κ2) is 7.63. The fourth-order valence-corrected chi connectivity index (χ4v) is 2.17. The van der Waals surface area contributed by atoms with Crippen molar-refractivity contribution in [3.8, 4) is 0 Å². The number of carbonyl (C=O) groups is 1. The Morgan fingerprint density at radius 2 is 1.67 bits per heavy atom. The number of hydrogen-bond donors (Lipinski definition) is 5. The van der Waals surface area contributed by atoms with Crippen molar-refractivity contribution in [2.75, 3.05) is 6.61 Å². The van der Waals surface area contributed by atoms with E-state index >= 15 is 0 Å². The number of rotatable bonds is 7. The average Bonchev–Trinajstić information content (AvgIpc) is 2.50. The van der Waals surface area contributed by atoms with Gasteiger partial charge in [0.1, 0.15) is 24.4 Å². The van der Waals surface area contributed by atoms with Crippen LogP contribution in [0, 0.1) is 6.92 Å². The highest BCUT2D eigenvalue weighted by Gasteiger charge is 2.36. The molecule has 5 N–H and O–H groups in total. The maximum atomic E-state index is 12.2. The van der Waals surface area contributed by atoms with Gasteiger partial charge in [-0.05, 0) is 18.1 Å². The zero-order valence-corrected chi connectivity index (χ0v) is 12.0. The van der Waals surface area contributed by atoms with Gasteiger partial charge in [0, 0.05) is 5.92 Å². The molecule has 1 rings (SSSR count). The molecule has 0 radical (unpaired) electrons. The lowest BCUT2D eigenvalue weighted by Gasteiger charge is -2.26. The molecule has 0 aromatic heterocycles. The zero-order valence-electron chi connectivity index (χ0n) is 12.0. The Bertz CT molecular complexity index is 475. The first-order valence-corrected chi connectivity index (χ1v) is 6.73. The third-order valence-electron chi connectivity index (χ3n) is 3.63. The Morgan fingerprint density at radius 3 is 2.19 bits per heavy atom. The van der Waals surface area contributed by atoms with Gasteiger partial charge in [0.05, 0.1) is 6.61 Å². The van der Waals surface area contributed by atoms with Gasteiger partial charge >= 0.3 is 0 Å². The lowest BCUT2D eigenvalue weighted by molar-refractivity contribution is -0.148. The van der Waals surface area contributed by atoms with E-state index in [-0.39, 0.29) is 0 Å². The van der Waals surface area contributed by atoms with E-state index < -0.39 is 42.7 Å². The van der Waals surface area contributed by atoms with Crippen LogP contribution in [0.3, 0.4) is 0 Å². The SMILES string of the molecule is Cc1ccccc1C(C)C(=O)[C@H](O)[C@@H](O)[C@H](O)[C@H](O)CO. The van der Waals surface area contributed by atoms with Gasteiger partial charge < -0.3 is 25.5 Å². The van der Waals surface area contributed by atoms with Gasteiger partial charge in [0.15, 0.2) is 5.78 Å². The van der Waals surface area contributed by atoms with E-state index in [1.807, 2.05) is 19.1 Å². The van der Waals surface area contributed by atoms with Gasteiger partial charge in [-0.15, -0.1) is 0 Å². The summed E-state index contributed by atoms with van der Waals surface area (Å²) in [6.45, 7) is 2.63. The first kappa shape index (κ1) is 17.7. The van der Waals surface area contributed by atoms with Crippen molar-refractivity contribution >= 4 is 5.78 Å². The fourth-order valence-electron chi connectivity index (χ4n) is 2.17. The summed E-state index contributed by atoms with van der Waals surface area (Å²) in [6, 6.07) is 7.16. The number of ketones is 1. The number of Topliss-reactive ketones (excluding diaryl/α,β-unsaturated/α-hetero) is 1. The Kier molecular flexibility index (Phi) is 6.44. The van der Waals surface area contributed by atoms with E-state index in [0.29, 0.717) is 5.56 Å². The number of hydrogen-bond acceptors (Lipinski definition) is 6. The van der Waals surface area contributed by atoms with E-state index in [4.69, 9.17) is 5.11 Å². The number of aryl methyl sites for hydroxylation is 1. The van der Waals surface area contributed by atoms with Crippen LogP contribution in [0.2, 0.25) is 0 Å². The van der Waals surface area contributed by atoms with Crippen LogP contribution in [0.5, 0.6) is 0 Å². The van der Waals surface area contributed by atoms with Crippen molar-refractivity contribution in [2.45, 2.75) is 44.2 Å². The highest BCUT2D eigenvalue weighted by atomic mass is 16.4. The van der Waals surface area contributed by atoms with Crippen LogP contribution < -0.4 is 0 Å². The van der Waals surface area contributed by atoms with Crippen molar-refractivity contribution in [2.24, 2.45) is 0 Å². The third kappa shape index (κ3) is 4.09. The molecule has 1 aromatic carbocycles. The van der Waals surface area contributed by atoms with Gasteiger partial charge in [0.2, 0.25) is 0 Å². The van der Waals surface area contributed by atoms with Crippen molar-refractivity contribution < 1.29 is 30.3 Å². The molecular formula is C15H22O6. The van der Waals surface area contributed by atoms with E-state index in [2.05, 4.69) is 0 Å². The van der Waals surface area contributed by atoms with E-state index in [0.717, 1.165) is 5.56 Å². The summed E-state index contributed by atoms with van der Waals surface area (Å²) in [5.74, 6) is -1.34. The highest BCUT2D eigenvalue weighted by molar-refractivity contribution is 5.90. The van der Waals surface area contributed by atoms with E-state index in [1.54, 1.807) is 19.1 Å². The third-order valence-corrected chi connectivity index (χ3v) is 3.63. The largest absolute Gasteiger partial charge is 0.394 e. The van der Waals surface area contributed by atoms with Gasteiger partial charge in [-0.3, -0.25) is 4.79 Å². The Morgan fingerprint density at radius 1 is 1.10 bits per heavy atom. The monoisotopic (exact) mass is 298 g/mol. The average molecular weight is 298 g/mol. The van der Waals surface area contributed by atoms with Crippen LogP contribution in [0.15, 0.2) is 24.3 Å².